The van der Waals surface area contributed by atoms with Crippen molar-refractivity contribution < 1.29 is 8.78 Å². The van der Waals surface area contributed by atoms with Crippen LogP contribution in [0.4, 0.5) is 8.78 Å². The van der Waals surface area contributed by atoms with Crippen LogP contribution in [0.15, 0.2) is 35.1 Å². The van der Waals surface area contributed by atoms with Crippen LogP contribution < -0.4 is 5.56 Å². The van der Waals surface area contributed by atoms with Gasteiger partial charge in [0.25, 0.3) is 12.0 Å². The van der Waals surface area contributed by atoms with Gasteiger partial charge in [0.2, 0.25) is 0 Å². The molecule has 0 saturated carbocycles. The summed E-state index contributed by atoms with van der Waals surface area (Å²) in [6.45, 7) is 0. The van der Waals surface area contributed by atoms with Gasteiger partial charge in [-0.25, -0.2) is 8.78 Å². The number of benzene rings is 1. The van der Waals surface area contributed by atoms with Crippen LogP contribution >= 0.6 is 0 Å². The fourth-order valence-corrected chi connectivity index (χ4v) is 1.33. The Kier molecular flexibility index (Phi) is 2.04. The van der Waals surface area contributed by atoms with Crippen LogP contribution in [0.3, 0.4) is 0 Å². The Morgan fingerprint density at radius 1 is 1.21 bits per heavy atom. The molecule has 0 unspecified atom stereocenters. The fraction of sp³-hybridized carbons (Fsp3) is 0.100. The van der Waals surface area contributed by atoms with Crippen molar-refractivity contribution >= 4 is 10.9 Å². The van der Waals surface area contributed by atoms with Crippen molar-refractivity contribution in [1.29, 1.82) is 0 Å². The highest BCUT2D eigenvalue weighted by Gasteiger charge is 2.12. The maximum Gasteiger partial charge on any atom is 0.269 e. The van der Waals surface area contributed by atoms with Crippen LogP contribution in [0.5, 0.6) is 0 Å². The van der Waals surface area contributed by atoms with Crippen molar-refractivity contribution in [3.8, 4) is 0 Å². The number of rotatable bonds is 1. The Morgan fingerprint density at radius 3 is 2.64 bits per heavy atom. The van der Waals surface area contributed by atoms with Gasteiger partial charge in [0.15, 0.2) is 0 Å². The summed E-state index contributed by atoms with van der Waals surface area (Å²) in [5.74, 6) is 0. The normalized spacial score (nSPS) is 11.1. The lowest BCUT2D eigenvalue weighted by molar-refractivity contribution is 0.150. The van der Waals surface area contributed by atoms with Gasteiger partial charge in [-0.1, -0.05) is 18.2 Å². The minimum atomic E-state index is -2.73. The van der Waals surface area contributed by atoms with E-state index in [0.717, 1.165) is 0 Å². The molecular weight excluding hydrogens is 188 g/mol. The molecule has 0 amide bonds. The number of nitrogens with one attached hydrogen (secondary N) is 1. The molecule has 0 radical (unpaired) electrons. The second-order valence-corrected chi connectivity index (χ2v) is 2.94. The van der Waals surface area contributed by atoms with E-state index in [9.17, 15) is 13.6 Å². The Labute approximate surface area is 78.2 Å². The zero-order valence-corrected chi connectivity index (χ0v) is 7.13. The van der Waals surface area contributed by atoms with E-state index in [1.165, 1.54) is 6.07 Å². The molecule has 0 aliphatic carbocycles. The third-order valence-corrected chi connectivity index (χ3v) is 2.02. The second kappa shape index (κ2) is 3.21. The van der Waals surface area contributed by atoms with Gasteiger partial charge < -0.3 is 4.98 Å². The number of H-pyrrole nitrogens is 1. The van der Waals surface area contributed by atoms with Crippen LogP contribution in [-0.4, -0.2) is 4.98 Å². The number of pyridine rings is 1. The van der Waals surface area contributed by atoms with Crippen molar-refractivity contribution in [2.24, 2.45) is 0 Å². The Balaban J connectivity index is 2.78. The summed E-state index contributed by atoms with van der Waals surface area (Å²) < 4.78 is 24.7. The summed E-state index contributed by atoms with van der Waals surface area (Å²) in [4.78, 5) is 13.5. The Bertz CT molecular complexity index is 519. The van der Waals surface area contributed by atoms with E-state index in [1.54, 1.807) is 24.3 Å². The molecule has 0 saturated heterocycles. The highest BCUT2D eigenvalue weighted by Crippen LogP contribution is 2.18. The smallest absolute Gasteiger partial charge is 0.269 e. The number of aromatic nitrogens is 1. The fourth-order valence-electron chi connectivity index (χ4n) is 1.33. The van der Waals surface area contributed by atoms with Gasteiger partial charge in [-0.3, -0.25) is 4.79 Å². The average molecular weight is 195 g/mol. The maximum atomic E-state index is 12.3. The monoisotopic (exact) mass is 195 g/mol. The van der Waals surface area contributed by atoms with E-state index in [-0.39, 0.29) is 0 Å². The van der Waals surface area contributed by atoms with E-state index in [1.807, 2.05) is 0 Å². The molecule has 14 heavy (non-hydrogen) atoms. The van der Waals surface area contributed by atoms with Crippen LogP contribution in [-0.2, 0) is 0 Å². The van der Waals surface area contributed by atoms with Crippen molar-refractivity contribution in [2.75, 3.05) is 0 Å². The molecular formula is C10H7F2NO. The first-order valence-electron chi connectivity index (χ1n) is 4.08. The van der Waals surface area contributed by atoms with Crippen molar-refractivity contribution in [3.05, 3.63) is 46.2 Å². The summed E-state index contributed by atoms with van der Waals surface area (Å²) in [6.07, 6.45) is -2.73. The first-order valence-corrected chi connectivity index (χ1v) is 4.08. The average Bonchev–Trinajstić information content (AvgIpc) is 2.16. The topological polar surface area (TPSA) is 32.9 Å². The number of alkyl halides is 2. The quantitative estimate of drug-likeness (QED) is 0.744. The van der Waals surface area contributed by atoms with Crippen LogP contribution in [0.1, 0.15) is 12.0 Å². The molecule has 0 spiro atoms. The van der Waals surface area contributed by atoms with Gasteiger partial charge >= 0.3 is 0 Å². The zero-order valence-electron chi connectivity index (χ0n) is 7.13. The van der Waals surface area contributed by atoms with Crippen molar-refractivity contribution in [3.63, 3.8) is 0 Å². The predicted octanol–water partition coefficient (Wildman–Crippen LogP) is 2.47. The van der Waals surface area contributed by atoms with Gasteiger partial charge in [0.05, 0.1) is 5.56 Å². The summed E-state index contributed by atoms with van der Waals surface area (Å²) in [5.41, 5.74) is -0.635. The molecule has 2 rings (SSSR count). The van der Waals surface area contributed by atoms with Crippen LogP contribution in [0.25, 0.3) is 10.9 Å². The van der Waals surface area contributed by atoms with Crippen LogP contribution in [0, 0.1) is 0 Å². The largest absolute Gasteiger partial charge is 0.322 e. The lowest BCUT2D eigenvalue weighted by atomic mass is 10.1. The Morgan fingerprint density at radius 2 is 1.93 bits per heavy atom. The predicted molar refractivity (Wildman–Crippen MR) is 49.5 cm³/mol. The summed E-state index contributed by atoms with van der Waals surface area (Å²) in [5, 5.41) is 0.613. The highest BCUT2D eigenvalue weighted by molar-refractivity contribution is 5.78. The van der Waals surface area contributed by atoms with E-state index in [2.05, 4.69) is 4.98 Å². The van der Waals surface area contributed by atoms with Gasteiger partial charge in [-0.2, -0.15) is 0 Å². The first kappa shape index (κ1) is 8.87. The molecule has 0 fully saturated rings. The van der Waals surface area contributed by atoms with E-state index < -0.39 is 17.5 Å². The van der Waals surface area contributed by atoms with Crippen molar-refractivity contribution in [2.45, 2.75) is 6.43 Å². The molecule has 0 aliphatic rings. The molecule has 0 atom stereocenters. The third kappa shape index (κ3) is 1.39. The van der Waals surface area contributed by atoms with Gasteiger partial charge in [-0.05, 0) is 17.5 Å². The molecule has 1 heterocycles. The zero-order chi connectivity index (χ0) is 10.1. The number of fused-ring (bicyclic) bond motifs is 1. The molecule has 4 heteroatoms. The molecule has 2 nitrogen and oxygen atoms in total. The third-order valence-electron chi connectivity index (χ3n) is 2.02. The molecule has 1 aromatic heterocycles. The lowest BCUT2D eigenvalue weighted by Crippen LogP contribution is -2.12. The number of hydrogen-bond acceptors (Lipinski definition) is 1. The Hall–Kier alpha value is -1.71. The minimum Gasteiger partial charge on any atom is -0.322 e. The lowest BCUT2D eigenvalue weighted by Gasteiger charge is -2.01. The van der Waals surface area contributed by atoms with Crippen molar-refractivity contribution in [1.82, 2.24) is 4.98 Å². The first-order chi connectivity index (χ1) is 6.68. The minimum absolute atomic E-state index is 0.483. The summed E-state index contributed by atoms with van der Waals surface area (Å²) in [7, 11) is 0. The van der Waals surface area contributed by atoms with Gasteiger partial charge in [0, 0.05) is 5.52 Å². The number of halogens is 2. The second-order valence-electron chi connectivity index (χ2n) is 2.94. The highest BCUT2D eigenvalue weighted by atomic mass is 19.3. The SMILES string of the molecule is O=c1[nH]c2ccccc2cc1C(F)F. The van der Waals surface area contributed by atoms with Gasteiger partial charge in [0.1, 0.15) is 0 Å². The van der Waals surface area contributed by atoms with E-state index in [4.69, 9.17) is 0 Å². The molecule has 0 aliphatic heterocycles. The number of para-hydroxylation sites is 1. The summed E-state index contributed by atoms with van der Waals surface area (Å²) >= 11 is 0. The van der Waals surface area contributed by atoms with Crippen LogP contribution in [0.2, 0.25) is 0 Å². The number of hydrogen-bond donors (Lipinski definition) is 1. The molecule has 72 valence electrons. The van der Waals surface area contributed by atoms with E-state index in [0.29, 0.717) is 10.9 Å². The maximum absolute atomic E-state index is 12.3. The molecule has 1 aromatic carbocycles. The number of aromatic amines is 1. The molecule has 2 aromatic rings. The molecule has 0 bridgehead atoms. The van der Waals surface area contributed by atoms with E-state index >= 15 is 0 Å². The van der Waals surface area contributed by atoms with Gasteiger partial charge in [-0.15, -0.1) is 0 Å². The molecule has 1 N–H and O–H groups in total. The standard InChI is InChI=1S/C10H7F2NO/c11-9(12)7-5-6-3-1-2-4-8(6)13-10(7)14/h1-5,9H,(H,13,14). The summed E-state index contributed by atoms with van der Waals surface area (Å²) in [6, 6.07) is 8.04.